The average molecular weight is 174 g/mol. The summed E-state index contributed by atoms with van der Waals surface area (Å²) in [4.78, 5) is 0. The van der Waals surface area contributed by atoms with Crippen molar-refractivity contribution in [3.05, 3.63) is 29.8 Å². The van der Waals surface area contributed by atoms with Crippen LogP contribution in [0.1, 0.15) is 18.9 Å². The molecule has 1 aromatic carbocycles. The van der Waals surface area contributed by atoms with Gasteiger partial charge in [-0.3, -0.25) is 0 Å². The number of nitrogens with one attached hydrogen (secondary N) is 1. The Bertz CT molecular complexity index is 282. The minimum atomic E-state index is 0.368. The van der Waals surface area contributed by atoms with E-state index in [1.165, 1.54) is 12.0 Å². The van der Waals surface area contributed by atoms with Gasteiger partial charge in [0.2, 0.25) is 0 Å². The van der Waals surface area contributed by atoms with Gasteiger partial charge in [0.15, 0.2) is 0 Å². The zero-order valence-corrected chi connectivity index (χ0v) is 7.88. The lowest BCUT2D eigenvalue weighted by molar-refractivity contribution is 0.922. The van der Waals surface area contributed by atoms with Crippen LogP contribution in [-0.4, -0.2) is 6.54 Å². The molecule has 0 amide bonds. The van der Waals surface area contributed by atoms with Crippen LogP contribution in [0.4, 0.5) is 5.69 Å². The molecule has 0 fully saturated rings. The summed E-state index contributed by atoms with van der Waals surface area (Å²) in [6.07, 6.45) is 2.30. The first-order valence-corrected chi connectivity index (χ1v) is 4.56. The molecule has 0 spiro atoms. The summed E-state index contributed by atoms with van der Waals surface area (Å²) in [5.74, 6) is 0. The molecule has 2 heteroatoms. The van der Waals surface area contributed by atoms with E-state index in [1.807, 2.05) is 18.2 Å². The molecule has 13 heavy (non-hydrogen) atoms. The van der Waals surface area contributed by atoms with E-state index in [9.17, 15) is 0 Å². The van der Waals surface area contributed by atoms with E-state index < -0.39 is 0 Å². The van der Waals surface area contributed by atoms with E-state index in [-0.39, 0.29) is 0 Å². The Morgan fingerprint density at radius 1 is 1.31 bits per heavy atom. The average Bonchev–Trinajstić information content (AvgIpc) is 2.17. The van der Waals surface area contributed by atoms with Crippen molar-refractivity contribution in [3.63, 3.8) is 0 Å². The van der Waals surface area contributed by atoms with Crippen molar-refractivity contribution >= 4 is 5.69 Å². The summed E-state index contributed by atoms with van der Waals surface area (Å²) in [7, 11) is 0. The van der Waals surface area contributed by atoms with Crippen LogP contribution in [0.3, 0.4) is 0 Å². The zero-order valence-electron chi connectivity index (χ0n) is 7.88. The van der Waals surface area contributed by atoms with Crippen LogP contribution < -0.4 is 5.32 Å². The van der Waals surface area contributed by atoms with Crippen LogP contribution in [-0.2, 0) is 6.42 Å². The fraction of sp³-hybridized carbons (Fsp3) is 0.364. The van der Waals surface area contributed by atoms with Crippen LogP contribution >= 0.6 is 0 Å². The van der Waals surface area contributed by atoms with Gasteiger partial charge in [-0.1, -0.05) is 25.5 Å². The topological polar surface area (TPSA) is 35.8 Å². The molecule has 2 nitrogen and oxygen atoms in total. The maximum atomic E-state index is 8.35. The maximum absolute atomic E-state index is 8.35. The quantitative estimate of drug-likeness (QED) is 0.712. The normalized spacial score (nSPS) is 9.23. The molecule has 0 aromatic heterocycles. The minimum Gasteiger partial charge on any atom is -0.372 e. The number of anilines is 1. The number of nitrogens with zero attached hydrogens (tertiary/aromatic N) is 1. The van der Waals surface area contributed by atoms with Gasteiger partial charge in [-0.2, -0.15) is 5.26 Å². The predicted octanol–water partition coefficient (Wildman–Crippen LogP) is 2.57. The van der Waals surface area contributed by atoms with Crippen molar-refractivity contribution in [2.45, 2.75) is 19.8 Å². The summed E-state index contributed by atoms with van der Waals surface area (Å²) < 4.78 is 0. The lowest BCUT2D eigenvalue weighted by Crippen LogP contribution is -1.97. The highest BCUT2D eigenvalue weighted by Gasteiger charge is 1.92. The third-order valence-electron chi connectivity index (χ3n) is 1.86. The number of nitriles is 1. The number of hydrogen-bond donors (Lipinski definition) is 1. The first-order chi connectivity index (χ1) is 6.36. The van der Waals surface area contributed by atoms with Gasteiger partial charge in [-0.15, -0.1) is 0 Å². The molecule has 0 aliphatic rings. The fourth-order valence-electron chi connectivity index (χ4n) is 1.22. The highest BCUT2D eigenvalue weighted by Crippen LogP contribution is 2.10. The molecule has 0 aliphatic heterocycles. The van der Waals surface area contributed by atoms with E-state index >= 15 is 0 Å². The Morgan fingerprint density at radius 2 is 2.00 bits per heavy atom. The lowest BCUT2D eigenvalue weighted by Gasteiger charge is -2.02. The maximum Gasteiger partial charge on any atom is 0.103 e. The number of benzene rings is 1. The first-order valence-electron chi connectivity index (χ1n) is 4.56. The molecule has 0 saturated carbocycles. The molecule has 0 radical (unpaired) electrons. The Kier molecular flexibility index (Phi) is 3.84. The van der Waals surface area contributed by atoms with Gasteiger partial charge in [0.05, 0.1) is 6.07 Å². The van der Waals surface area contributed by atoms with Gasteiger partial charge in [0, 0.05) is 5.69 Å². The monoisotopic (exact) mass is 174 g/mol. The third-order valence-corrected chi connectivity index (χ3v) is 1.86. The van der Waals surface area contributed by atoms with E-state index in [1.54, 1.807) is 0 Å². The molecule has 1 aromatic rings. The molecule has 0 saturated heterocycles. The molecular weight excluding hydrogens is 160 g/mol. The molecule has 1 N–H and O–H groups in total. The standard InChI is InChI=1S/C11H14N2/c1-2-3-10-4-6-11(7-5-10)13-9-8-12/h4-7,13H,2-3,9H2,1H3. The Labute approximate surface area is 79.2 Å². The second-order valence-corrected chi connectivity index (χ2v) is 2.96. The Morgan fingerprint density at radius 3 is 2.54 bits per heavy atom. The van der Waals surface area contributed by atoms with Crippen molar-refractivity contribution in [1.29, 1.82) is 5.26 Å². The van der Waals surface area contributed by atoms with Crippen molar-refractivity contribution in [2.24, 2.45) is 0 Å². The number of rotatable bonds is 4. The lowest BCUT2D eigenvalue weighted by atomic mass is 10.1. The van der Waals surface area contributed by atoms with Crippen molar-refractivity contribution in [3.8, 4) is 6.07 Å². The van der Waals surface area contributed by atoms with Gasteiger partial charge < -0.3 is 5.32 Å². The van der Waals surface area contributed by atoms with E-state index in [0.29, 0.717) is 6.54 Å². The van der Waals surface area contributed by atoms with Crippen molar-refractivity contribution < 1.29 is 0 Å². The second kappa shape index (κ2) is 5.21. The van der Waals surface area contributed by atoms with Crippen LogP contribution in [0.25, 0.3) is 0 Å². The SMILES string of the molecule is CCCc1ccc(NCC#N)cc1. The van der Waals surface area contributed by atoms with E-state index in [2.05, 4.69) is 24.4 Å². The summed E-state index contributed by atoms with van der Waals surface area (Å²) >= 11 is 0. The molecule has 0 aliphatic carbocycles. The largest absolute Gasteiger partial charge is 0.372 e. The minimum absolute atomic E-state index is 0.368. The van der Waals surface area contributed by atoms with Crippen LogP contribution in [0, 0.1) is 11.3 Å². The Hall–Kier alpha value is -1.49. The zero-order chi connectivity index (χ0) is 9.52. The molecule has 0 atom stereocenters. The molecule has 0 bridgehead atoms. The first kappa shape index (κ1) is 9.60. The van der Waals surface area contributed by atoms with Crippen LogP contribution in [0.2, 0.25) is 0 Å². The van der Waals surface area contributed by atoms with Gasteiger partial charge in [0.1, 0.15) is 6.54 Å². The summed E-state index contributed by atoms with van der Waals surface area (Å²) in [5, 5.41) is 11.4. The second-order valence-electron chi connectivity index (χ2n) is 2.96. The third kappa shape index (κ3) is 3.16. The molecule has 1 rings (SSSR count). The summed E-state index contributed by atoms with van der Waals surface area (Å²) in [6.45, 7) is 2.54. The van der Waals surface area contributed by atoms with Crippen molar-refractivity contribution in [1.82, 2.24) is 0 Å². The number of aryl methyl sites for hydroxylation is 1. The van der Waals surface area contributed by atoms with Gasteiger partial charge in [-0.05, 0) is 24.1 Å². The molecule has 0 unspecified atom stereocenters. The smallest absolute Gasteiger partial charge is 0.103 e. The van der Waals surface area contributed by atoms with Gasteiger partial charge in [0.25, 0.3) is 0 Å². The number of hydrogen-bond acceptors (Lipinski definition) is 2. The summed E-state index contributed by atoms with van der Waals surface area (Å²) in [5.41, 5.74) is 2.37. The Balaban J connectivity index is 2.54. The molecule has 0 heterocycles. The summed E-state index contributed by atoms with van der Waals surface area (Å²) in [6, 6.07) is 10.3. The fourth-order valence-corrected chi connectivity index (χ4v) is 1.22. The van der Waals surface area contributed by atoms with Crippen molar-refractivity contribution in [2.75, 3.05) is 11.9 Å². The molecular formula is C11H14N2. The van der Waals surface area contributed by atoms with Gasteiger partial charge >= 0.3 is 0 Å². The van der Waals surface area contributed by atoms with Crippen LogP contribution in [0.15, 0.2) is 24.3 Å². The predicted molar refractivity (Wildman–Crippen MR) is 54.5 cm³/mol. The van der Waals surface area contributed by atoms with E-state index in [4.69, 9.17) is 5.26 Å². The highest BCUT2D eigenvalue weighted by atomic mass is 14.9. The van der Waals surface area contributed by atoms with Gasteiger partial charge in [-0.25, -0.2) is 0 Å². The van der Waals surface area contributed by atoms with E-state index in [0.717, 1.165) is 12.1 Å². The highest BCUT2D eigenvalue weighted by molar-refractivity contribution is 5.45. The van der Waals surface area contributed by atoms with Crippen LogP contribution in [0.5, 0.6) is 0 Å². The molecule has 68 valence electrons.